The topological polar surface area (TPSA) is 107 Å². The summed E-state index contributed by atoms with van der Waals surface area (Å²) in [5.74, 6) is -0.639. The summed E-state index contributed by atoms with van der Waals surface area (Å²) in [6, 6.07) is 8.48. The molecule has 0 radical (unpaired) electrons. The van der Waals surface area contributed by atoms with E-state index in [1.165, 1.54) is 43.0 Å². The molecule has 0 aliphatic carbocycles. The first kappa shape index (κ1) is 21.5. The van der Waals surface area contributed by atoms with Gasteiger partial charge >= 0.3 is 5.97 Å². The molecule has 0 atom stereocenters. The van der Waals surface area contributed by atoms with Gasteiger partial charge in [0.25, 0.3) is 0 Å². The van der Waals surface area contributed by atoms with Crippen molar-refractivity contribution in [3.05, 3.63) is 57.2 Å². The summed E-state index contributed by atoms with van der Waals surface area (Å²) in [6.07, 6.45) is 0.269. The number of nitrogens with zero attached hydrogens (tertiary/aromatic N) is 1. The van der Waals surface area contributed by atoms with Crippen LogP contribution in [0.3, 0.4) is 0 Å². The Balaban J connectivity index is 1.60. The van der Waals surface area contributed by atoms with Crippen molar-refractivity contribution < 1.29 is 23.9 Å². The molecule has 2 aromatic heterocycles. The molecule has 0 fully saturated rings. The quantitative estimate of drug-likeness (QED) is 0.515. The molecule has 0 aliphatic rings. The number of rotatable bonds is 8. The van der Waals surface area contributed by atoms with Gasteiger partial charge in [0.15, 0.2) is 5.13 Å². The summed E-state index contributed by atoms with van der Waals surface area (Å²) in [5, 5.41) is 9.47. The van der Waals surface area contributed by atoms with E-state index in [0.29, 0.717) is 22.3 Å². The number of hydrogen-bond acceptors (Lipinski definition) is 8. The lowest BCUT2D eigenvalue weighted by molar-refractivity contribution is -0.116. The van der Waals surface area contributed by atoms with Gasteiger partial charge in [0, 0.05) is 10.3 Å². The summed E-state index contributed by atoms with van der Waals surface area (Å²) in [4.78, 5) is 41.7. The van der Waals surface area contributed by atoms with E-state index < -0.39 is 5.97 Å². The standard InChI is InChI=1S/C20H19N3O5S2/c1-27-13-5-6-16(15(9-13)19(26)28-2)22-17(24)8-12-11-30-20(21-12)23-18(25)10-14-4-3-7-29-14/h3-7,9,11H,8,10H2,1-2H3,(H,22,24)(H,21,23,25). The van der Waals surface area contributed by atoms with Gasteiger partial charge < -0.3 is 20.1 Å². The van der Waals surface area contributed by atoms with Crippen LogP contribution in [0, 0.1) is 0 Å². The maximum Gasteiger partial charge on any atom is 0.340 e. The van der Waals surface area contributed by atoms with Crippen molar-refractivity contribution in [2.24, 2.45) is 0 Å². The van der Waals surface area contributed by atoms with Crippen molar-refractivity contribution in [3.63, 3.8) is 0 Å². The minimum absolute atomic E-state index is 0.00998. The van der Waals surface area contributed by atoms with Crippen LogP contribution >= 0.6 is 22.7 Å². The molecular formula is C20H19N3O5S2. The number of thiophene rings is 1. The van der Waals surface area contributed by atoms with Gasteiger partial charge in [-0.1, -0.05) is 6.07 Å². The van der Waals surface area contributed by atoms with Crippen molar-refractivity contribution in [2.75, 3.05) is 24.9 Å². The summed E-state index contributed by atoms with van der Waals surface area (Å²) in [7, 11) is 2.74. The highest BCUT2D eigenvalue weighted by Gasteiger charge is 2.17. The van der Waals surface area contributed by atoms with Gasteiger partial charge in [-0.15, -0.1) is 22.7 Å². The fraction of sp³-hybridized carbons (Fsp3) is 0.200. The molecule has 2 heterocycles. The van der Waals surface area contributed by atoms with Crippen molar-refractivity contribution in [1.82, 2.24) is 4.98 Å². The predicted octanol–water partition coefficient (Wildman–Crippen LogP) is 3.36. The molecule has 156 valence electrons. The normalized spacial score (nSPS) is 10.3. The fourth-order valence-electron chi connectivity index (χ4n) is 2.58. The van der Waals surface area contributed by atoms with E-state index >= 15 is 0 Å². The Labute approximate surface area is 180 Å². The van der Waals surface area contributed by atoms with Crippen LogP contribution in [0.5, 0.6) is 5.75 Å². The average Bonchev–Trinajstić information content (AvgIpc) is 3.39. The lowest BCUT2D eigenvalue weighted by atomic mass is 10.1. The largest absolute Gasteiger partial charge is 0.497 e. The fourth-order valence-corrected chi connectivity index (χ4v) is 4.01. The molecule has 0 spiro atoms. The average molecular weight is 446 g/mol. The SMILES string of the molecule is COC(=O)c1cc(OC)ccc1NC(=O)Cc1csc(NC(=O)Cc2cccs2)n1. The van der Waals surface area contributed by atoms with E-state index in [2.05, 4.69) is 15.6 Å². The summed E-state index contributed by atoms with van der Waals surface area (Å²) < 4.78 is 9.87. The smallest absolute Gasteiger partial charge is 0.340 e. The summed E-state index contributed by atoms with van der Waals surface area (Å²) in [6.45, 7) is 0. The number of amides is 2. The number of hydrogen-bond donors (Lipinski definition) is 2. The Morgan fingerprint density at radius 3 is 2.53 bits per heavy atom. The summed E-state index contributed by atoms with van der Waals surface area (Å²) >= 11 is 2.76. The van der Waals surface area contributed by atoms with E-state index in [1.807, 2.05) is 17.5 Å². The Hall–Kier alpha value is -3.24. The molecule has 0 saturated heterocycles. The summed E-state index contributed by atoms with van der Waals surface area (Å²) in [5.41, 5.74) is 1.01. The van der Waals surface area contributed by atoms with Crippen LogP contribution < -0.4 is 15.4 Å². The molecule has 8 nitrogen and oxygen atoms in total. The molecule has 0 bridgehead atoms. The number of nitrogens with one attached hydrogen (secondary N) is 2. The molecule has 1 aromatic carbocycles. The second-order valence-electron chi connectivity index (χ2n) is 6.08. The number of aromatic nitrogens is 1. The molecule has 2 amide bonds. The van der Waals surface area contributed by atoms with Gasteiger partial charge in [-0.05, 0) is 29.6 Å². The van der Waals surface area contributed by atoms with Crippen LogP contribution in [-0.4, -0.2) is 37.0 Å². The van der Waals surface area contributed by atoms with Gasteiger partial charge in [-0.3, -0.25) is 9.59 Å². The molecule has 10 heteroatoms. The highest BCUT2D eigenvalue weighted by molar-refractivity contribution is 7.14. The number of esters is 1. The van der Waals surface area contributed by atoms with Gasteiger partial charge in [-0.2, -0.15) is 0 Å². The first-order valence-corrected chi connectivity index (χ1v) is 10.6. The lowest BCUT2D eigenvalue weighted by Gasteiger charge is -2.11. The molecule has 0 saturated carbocycles. The maximum atomic E-state index is 12.4. The highest BCUT2D eigenvalue weighted by Crippen LogP contribution is 2.23. The minimum Gasteiger partial charge on any atom is -0.497 e. The molecule has 30 heavy (non-hydrogen) atoms. The number of carbonyl (C=O) groups is 3. The Morgan fingerprint density at radius 2 is 1.83 bits per heavy atom. The van der Waals surface area contributed by atoms with E-state index in [0.717, 1.165) is 4.88 Å². The van der Waals surface area contributed by atoms with Crippen molar-refractivity contribution >= 4 is 51.3 Å². The number of anilines is 2. The van der Waals surface area contributed by atoms with Crippen LogP contribution in [0.1, 0.15) is 20.9 Å². The van der Waals surface area contributed by atoms with Crippen molar-refractivity contribution in [1.29, 1.82) is 0 Å². The molecule has 2 N–H and O–H groups in total. The van der Waals surface area contributed by atoms with Crippen LogP contribution in [0.25, 0.3) is 0 Å². The van der Waals surface area contributed by atoms with Gasteiger partial charge in [0.2, 0.25) is 11.8 Å². The third kappa shape index (κ3) is 5.65. The molecule has 3 rings (SSSR count). The Kier molecular flexibility index (Phi) is 7.15. The van der Waals surface area contributed by atoms with Crippen LogP contribution in [0.4, 0.5) is 10.8 Å². The van der Waals surface area contributed by atoms with Gasteiger partial charge in [-0.25, -0.2) is 9.78 Å². The Bertz CT molecular complexity index is 1050. The van der Waals surface area contributed by atoms with E-state index in [1.54, 1.807) is 17.5 Å². The number of thiazole rings is 1. The molecule has 0 aliphatic heterocycles. The zero-order chi connectivity index (χ0) is 21.5. The minimum atomic E-state index is -0.589. The van der Waals surface area contributed by atoms with Crippen LogP contribution in [0.2, 0.25) is 0 Å². The van der Waals surface area contributed by atoms with Gasteiger partial charge in [0.1, 0.15) is 5.75 Å². The van der Waals surface area contributed by atoms with Crippen LogP contribution in [-0.2, 0) is 27.2 Å². The molecule has 3 aromatic rings. The molecule has 0 unspecified atom stereocenters. The lowest BCUT2D eigenvalue weighted by Crippen LogP contribution is -2.18. The van der Waals surface area contributed by atoms with Gasteiger partial charge in [0.05, 0.1) is 44.0 Å². The van der Waals surface area contributed by atoms with E-state index in [-0.39, 0.29) is 30.2 Å². The predicted molar refractivity (Wildman–Crippen MR) is 115 cm³/mol. The highest BCUT2D eigenvalue weighted by atomic mass is 32.1. The second kappa shape index (κ2) is 9.99. The number of carbonyl (C=O) groups excluding carboxylic acids is 3. The number of benzene rings is 1. The third-order valence-corrected chi connectivity index (χ3v) is 5.64. The number of ether oxygens (including phenoxy) is 2. The number of methoxy groups -OCH3 is 2. The van der Waals surface area contributed by atoms with E-state index in [4.69, 9.17) is 9.47 Å². The van der Waals surface area contributed by atoms with Crippen molar-refractivity contribution in [3.8, 4) is 5.75 Å². The first-order chi connectivity index (χ1) is 14.5. The molecular weight excluding hydrogens is 426 g/mol. The zero-order valence-electron chi connectivity index (χ0n) is 16.3. The monoisotopic (exact) mass is 445 g/mol. The third-order valence-electron chi connectivity index (χ3n) is 3.96. The van der Waals surface area contributed by atoms with Crippen molar-refractivity contribution in [2.45, 2.75) is 12.8 Å². The van der Waals surface area contributed by atoms with Crippen LogP contribution in [0.15, 0.2) is 41.1 Å². The second-order valence-corrected chi connectivity index (χ2v) is 7.97. The Morgan fingerprint density at radius 1 is 1.03 bits per heavy atom. The van der Waals surface area contributed by atoms with E-state index in [9.17, 15) is 14.4 Å². The zero-order valence-corrected chi connectivity index (χ0v) is 17.9. The maximum absolute atomic E-state index is 12.4. The first-order valence-electron chi connectivity index (χ1n) is 8.81.